The molecule has 2 heterocycles. The van der Waals surface area contributed by atoms with E-state index in [1.165, 1.54) is 23.2 Å². The van der Waals surface area contributed by atoms with Gasteiger partial charge in [-0.1, -0.05) is 6.07 Å². The summed E-state index contributed by atoms with van der Waals surface area (Å²) in [5.41, 5.74) is 0.651. The number of azo groups is 1. The molecule has 0 aliphatic rings. The molecule has 3 rings (SSSR count). The number of pyridine rings is 1. The van der Waals surface area contributed by atoms with Crippen molar-refractivity contribution in [2.24, 2.45) is 10.2 Å². The number of aromatic nitrogens is 3. The van der Waals surface area contributed by atoms with Crippen molar-refractivity contribution in [2.45, 2.75) is 12.7 Å². The van der Waals surface area contributed by atoms with Gasteiger partial charge in [-0.15, -0.1) is 5.11 Å². The van der Waals surface area contributed by atoms with Gasteiger partial charge < -0.3 is 10.2 Å². The molecule has 0 atom stereocenters. The van der Waals surface area contributed by atoms with Crippen molar-refractivity contribution in [1.29, 1.82) is 0 Å². The van der Waals surface area contributed by atoms with Gasteiger partial charge in [-0.25, -0.2) is 9.37 Å². The lowest BCUT2D eigenvalue weighted by atomic mass is 10.2. The summed E-state index contributed by atoms with van der Waals surface area (Å²) in [5, 5.41) is 10.7. The van der Waals surface area contributed by atoms with Crippen molar-refractivity contribution in [1.82, 2.24) is 15.0 Å². The Morgan fingerprint density at radius 1 is 1.03 bits per heavy atom. The highest BCUT2D eigenvalue weighted by molar-refractivity contribution is 5.59. The number of halogens is 4. The van der Waals surface area contributed by atoms with Crippen LogP contribution < -0.4 is 10.2 Å². The SMILES string of the molecule is CN(C)c1nc(N=NCc2ccc(Nc3cccc(C(F)(F)F)c3)cn2)ncc1F. The van der Waals surface area contributed by atoms with Crippen LogP contribution in [-0.2, 0) is 12.7 Å². The van der Waals surface area contributed by atoms with Crippen molar-refractivity contribution >= 4 is 23.1 Å². The molecular weight excluding hydrogens is 402 g/mol. The molecule has 0 aliphatic heterocycles. The highest BCUT2D eigenvalue weighted by atomic mass is 19.4. The average molecular weight is 419 g/mol. The minimum absolute atomic E-state index is 0.0166. The maximum absolute atomic E-state index is 13.6. The Morgan fingerprint density at radius 2 is 1.83 bits per heavy atom. The third-order valence-corrected chi connectivity index (χ3v) is 3.83. The van der Waals surface area contributed by atoms with E-state index in [0.29, 0.717) is 17.1 Å². The van der Waals surface area contributed by atoms with E-state index in [1.807, 2.05) is 0 Å². The highest BCUT2D eigenvalue weighted by Gasteiger charge is 2.30. The van der Waals surface area contributed by atoms with Gasteiger partial charge in [-0.2, -0.15) is 23.3 Å². The van der Waals surface area contributed by atoms with Crippen LogP contribution in [-0.4, -0.2) is 29.0 Å². The molecule has 156 valence electrons. The summed E-state index contributed by atoms with van der Waals surface area (Å²) in [6.45, 7) is 0.127. The van der Waals surface area contributed by atoms with Crippen LogP contribution in [0.5, 0.6) is 0 Å². The van der Waals surface area contributed by atoms with Gasteiger partial charge in [0.05, 0.1) is 29.3 Å². The second-order valence-electron chi connectivity index (χ2n) is 6.38. The predicted molar refractivity (Wildman–Crippen MR) is 104 cm³/mol. The summed E-state index contributed by atoms with van der Waals surface area (Å²) in [4.78, 5) is 13.4. The van der Waals surface area contributed by atoms with E-state index in [4.69, 9.17) is 0 Å². The minimum atomic E-state index is -4.41. The van der Waals surface area contributed by atoms with E-state index in [9.17, 15) is 17.6 Å². The molecule has 11 heteroatoms. The second kappa shape index (κ2) is 8.80. The first kappa shape index (κ1) is 21.1. The Kier molecular flexibility index (Phi) is 6.19. The fourth-order valence-corrected chi connectivity index (χ4v) is 2.41. The summed E-state index contributed by atoms with van der Waals surface area (Å²) in [6.07, 6.45) is -1.92. The molecule has 0 radical (unpaired) electrons. The van der Waals surface area contributed by atoms with Crippen LogP contribution in [0.1, 0.15) is 11.3 Å². The number of nitrogens with zero attached hydrogens (tertiary/aromatic N) is 6. The van der Waals surface area contributed by atoms with Crippen molar-refractivity contribution in [3.8, 4) is 0 Å². The third kappa shape index (κ3) is 5.46. The third-order valence-electron chi connectivity index (χ3n) is 3.83. The first-order valence-corrected chi connectivity index (χ1v) is 8.69. The van der Waals surface area contributed by atoms with Crippen LogP contribution in [0.25, 0.3) is 0 Å². The molecule has 0 bridgehead atoms. The van der Waals surface area contributed by atoms with Gasteiger partial charge in [0.25, 0.3) is 5.95 Å². The van der Waals surface area contributed by atoms with Gasteiger partial charge in [0.15, 0.2) is 11.6 Å². The molecule has 30 heavy (non-hydrogen) atoms. The van der Waals surface area contributed by atoms with Crippen molar-refractivity contribution < 1.29 is 17.6 Å². The largest absolute Gasteiger partial charge is 0.416 e. The van der Waals surface area contributed by atoms with Crippen molar-refractivity contribution in [3.63, 3.8) is 0 Å². The number of anilines is 3. The first-order chi connectivity index (χ1) is 14.2. The normalized spacial score (nSPS) is 11.7. The van der Waals surface area contributed by atoms with Crippen molar-refractivity contribution in [3.05, 3.63) is 65.9 Å². The fraction of sp³-hybridized carbons (Fsp3) is 0.211. The number of hydrogen-bond acceptors (Lipinski definition) is 7. The van der Waals surface area contributed by atoms with Gasteiger partial charge in [-0.05, 0) is 30.3 Å². The first-order valence-electron chi connectivity index (χ1n) is 8.69. The molecule has 0 aliphatic carbocycles. The molecule has 0 fully saturated rings. The van der Waals surface area contributed by atoms with Crippen LogP contribution in [0.2, 0.25) is 0 Å². The van der Waals surface area contributed by atoms with E-state index in [1.54, 1.807) is 26.2 Å². The second-order valence-corrected chi connectivity index (χ2v) is 6.38. The van der Waals surface area contributed by atoms with E-state index < -0.39 is 17.6 Å². The summed E-state index contributed by atoms with van der Waals surface area (Å²) in [7, 11) is 3.29. The number of nitrogens with one attached hydrogen (secondary N) is 1. The number of benzene rings is 1. The lowest BCUT2D eigenvalue weighted by Crippen LogP contribution is -2.12. The van der Waals surface area contributed by atoms with Crippen LogP contribution >= 0.6 is 0 Å². The Labute approximate surface area is 169 Å². The standard InChI is InChI=1S/C19H17F4N7/c1-30(2)17-16(20)11-25-18(28-17)29-26-10-14-6-7-15(9-24-14)27-13-5-3-4-12(8-13)19(21,22)23/h3-9,11,27H,10H2,1-2H3. The lowest BCUT2D eigenvalue weighted by Gasteiger charge is -2.11. The predicted octanol–water partition coefficient (Wildman–Crippen LogP) is 5.12. The zero-order valence-electron chi connectivity index (χ0n) is 16.0. The molecule has 3 aromatic rings. The Morgan fingerprint density at radius 3 is 2.50 bits per heavy atom. The summed E-state index contributed by atoms with van der Waals surface area (Å²) >= 11 is 0. The van der Waals surface area contributed by atoms with E-state index in [-0.39, 0.29) is 18.3 Å². The maximum atomic E-state index is 13.6. The van der Waals surface area contributed by atoms with Gasteiger partial charge in [0.2, 0.25) is 0 Å². The van der Waals surface area contributed by atoms with Crippen molar-refractivity contribution in [2.75, 3.05) is 24.3 Å². The van der Waals surface area contributed by atoms with Gasteiger partial charge in [0, 0.05) is 19.8 Å². The smallest absolute Gasteiger partial charge is 0.360 e. The van der Waals surface area contributed by atoms with Crippen LogP contribution in [0.4, 0.5) is 40.7 Å². The van der Waals surface area contributed by atoms with E-state index >= 15 is 0 Å². The van der Waals surface area contributed by atoms with Crippen LogP contribution in [0.3, 0.4) is 0 Å². The number of alkyl halides is 3. The maximum Gasteiger partial charge on any atom is 0.416 e. The average Bonchev–Trinajstić information content (AvgIpc) is 2.70. The van der Waals surface area contributed by atoms with Gasteiger partial charge in [-0.3, -0.25) is 4.98 Å². The molecule has 1 aromatic carbocycles. The molecular formula is C19H17F4N7. The number of hydrogen-bond donors (Lipinski definition) is 1. The number of rotatable bonds is 6. The van der Waals surface area contributed by atoms with Crippen LogP contribution in [0.15, 0.2) is 59.0 Å². The molecule has 1 N–H and O–H groups in total. The van der Waals surface area contributed by atoms with Gasteiger partial charge in [0.1, 0.15) is 6.54 Å². The van der Waals surface area contributed by atoms with Crippen LogP contribution in [0, 0.1) is 5.82 Å². The monoisotopic (exact) mass is 419 g/mol. The lowest BCUT2D eigenvalue weighted by molar-refractivity contribution is -0.137. The Bertz CT molecular complexity index is 1030. The zero-order chi connectivity index (χ0) is 21.7. The van der Waals surface area contributed by atoms with E-state index in [0.717, 1.165) is 18.3 Å². The summed E-state index contributed by atoms with van der Waals surface area (Å²) in [5.74, 6) is -0.450. The quantitative estimate of drug-likeness (QED) is 0.443. The van der Waals surface area contributed by atoms with E-state index in [2.05, 4.69) is 30.5 Å². The minimum Gasteiger partial charge on any atom is -0.360 e. The molecule has 0 amide bonds. The van der Waals surface area contributed by atoms with Gasteiger partial charge >= 0.3 is 6.18 Å². The molecule has 2 aromatic heterocycles. The highest BCUT2D eigenvalue weighted by Crippen LogP contribution is 2.31. The topological polar surface area (TPSA) is 78.7 Å². The molecule has 0 saturated heterocycles. The Balaban J connectivity index is 1.63. The summed E-state index contributed by atoms with van der Waals surface area (Å²) < 4.78 is 51.9. The Hall–Kier alpha value is -3.63. The molecule has 0 saturated carbocycles. The molecule has 0 unspecified atom stereocenters. The molecule has 7 nitrogen and oxygen atoms in total. The fourth-order valence-electron chi connectivity index (χ4n) is 2.41. The summed E-state index contributed by atoms with van der Waals surface area (Å²) in [6, 6.07) is 8.20. The zero-order valence-corrected chi connectivity index (χ0v) is 16.0. The molecule has 0 spiro atoms.